The topological polar surface area (TPSA) is 71.1 Å². The molecule has 0 fully saturated rings. The third-order valence-electron chi connectivity index (χ3n) is 3.71. The van der Waals surface area contributed by atoms with E-state index in [0.29, 0.717) is 31.5 Å². The summed E-state index contributed by atoms with van der Waals surface area (Å²) in [6.45, 7) is 0.912. The monoisotopic (exact) mass is 385 g/mol. The SMILES string of the molecule is O=C(CCCNC(=O)c1ccsc1)NCc1nc(-c2ccccc2)cs1. The van der Waals surface area contributed by atoms with Gasteiger partial charge < -0.3 is 10.6 Å². The number of carbonyl (C=O) groups is 2. The molecule has 3 rings (SSSR count). The zero-order valence-electron chi connectivity index (χ0n) is 14.1. The second-order valence-corrected chi connectivity index (χ2v) is 7.36. The number of thiophene rings is 1. The van der Waals surface area contributed by atoms with Crippen LogP contribution in [0.3, 0.4) is 0 Å². The minimum atomic E-state index is -0.0946. The van der Waals surface area contributed by atoms with Crippen LogP contribution in [-0.4, -0.2) is 23.3 Å². The summed E-state index contributed by atoms with van der Waals surface area (Å²) in [4.78, 5) is 28.2. The van der Waals surface area contributed by atoms with Crippen LogP contribution in [-0.2, 0) is 11.3 Å². The van der Waals surface area contributed by atoms with E-state index in [9.17, 15) is 9.59 Å². The van der Waals surface area contributed by atoms with Gasteiger partial charge in [0, 0.05) is 34.9 Å². The molecule has 3 aromatic rings. The van der Waals surface area contributed by atoms with Crippen LogP contribution in [0.4, 0.5) is 0 Å². The number of nitrogens with zero attached hydrogens (tertiary/aromatic N) is 1. The molecule has 7 heteroatoms. The zero-order valence-corrected chi connectivity index (χ0v) is 15.7. The fourth-order valence-electron chi connectivity index (χ4n) is 2.34. The largest absolute Gasteiger partial charge is 0.352 e. The molecule has 0 aliphatic carbocycles. The molecule has 0 radical (unpaired) electrons. The van der Waals surface area contributed by atoms with Crippen molar-refractivity contribution in [3.63, 3.8) is 0 Å². The molecule has 0 saturated heterocycles. The van der Waals surface area contributed by atoms with E-state index in [1.165, 1.54) is 22.7 Å². The maximum Gasteiger partial charge on any atom is 0.252 e. The van der Waals surface area contributed by atoms with Crippen LogP contribution in [0.15, 0.2) is 52.5 Å². The van der Waals surface area contributed by atoms with Gasteiger partial charge in [-0.25, -0.2) is 4.98 Å². The minimum Gasteiger partial charge on any atom is -0.352 e. The minimum absolute atomic E-state index is 0.0359. The molecule has 0 unspecified atom stereocenters. The summed E-state index contributed by atoms with van der Waals surface area (Å²) in [5.41, 5.74) is 2.66. The van der Waals surface area contributed by atoms with Gasteiger partial charge >= 0.3 is 0 Å². The molecule has 0 aliphatic rings. The van der Waals surface area contributed by atoms with E-state index in [1.54, 1.807) is 11.4 Å². The highest BCUT2D eigenvalue weighted by Gasteiger charge is 2.08. The molecule has 0 aliphatic heterocycles. The summed E-state index contributed by atoms with van der Waals surface area (Å²) in [6, 6.07) is 11.7. The highest BCUT2D eigenvalue weighted by Crippen LogP contribution is 2.21. The van der Waals surface area contributed by atoms with Gasteiger partial charge in [0.2, 0.25) is 5.91 Å². The summed E-state index contributed by atoms with van der Waals surface area (Å²) in [6.07, 6.45) is 0.982. The van der Waals surface area contributed by atoms with Gasteiger partial charge in [0.25, 0.3) is 5.91 Å². The van der Waals surface area contributed by atoms with E-state index in [0.717, 1.165) is 16.3 Å². The summed E-state index contributed by atoms with van der Waals surface area (Å²) in [5.74, 6) is -0.130. The Morgan fingerprint density at radius 2 is 1.88 bits per heavy atom. The van der Waals surface area contributed by atoms with E-state index in [2.05, 4.69) is 15.6 Å². The zero-order chi connectivity index (χ0) is 18.2. The number of hydrogen-bond acceptors (Lipinski definition) is 5. The van der Waals surface area contributed by atoms with Gasteiger partial charge in [0.05, 0.1) is 12.2 Å². The lowest BCUT2D eigenvalue weighted by molar-refractivity contribution is -0.121. The Kier molecular flexibility index (Phi) is 6.51. The molecule has 0 atom stereocenters. The van der Waals surface area contributed by atoms with Crippen LogP contribution in [0.1, 0.15) is 28.2 Å². The Bertz CT molecular complexity index is 845. The van der Waals surface area contributed by atoms with Gasteiger partial charge in [0.15, 0.2) is 0 Å². The van der Waals surface area contributed by atoms with Gasteiger partial charge in [-0.15, -0.1) is 11.3 Å². The third-order valence-corrected chi connectivity index (χ3v) is 5.24. The van der Waals surface area contributed by atoms with Crippen molar-refractivity contribution in [3.8, 4) is 11.3 Å². The number of rotatable bonds is 8. The summed E-state index contributed by atoms with van der Waals surface area (Å²) >= 11 is 3.02. The number of aromatic nitrogens is 1. The quantitative estimate of drug-likeness (QED) is 0.581. The molecular formula is C19H19N3O2S2. The van der Waals surface area contributed by atoms with Crippen LogP contribution < -0.4 is 10.6 Å². The maximum absolute atomic E-state index is 11.9. The molecule has 0 spiro atoms. The summed E-state index contributed by atoms with van der Waals surface area (Å²) in [5, 5.41) is 12.2. The molecule has 0 bridgehead atoms. The highest BCUT2D eigenvalue weighted by atomic mass is 32.1. The fraction of sp³-hybridized carbons (Fsp3) is 0.211. The molecule has 26 heavy (non-hydrogen) atoms. The normalized spacial score (nSPS) is 10.5. The predicted molar refractivity (Wildman–Crippen MR) is 105 cm³/mol. The second kappa shape index (κ2) is 9.26. The van der Waals surface area contributed by atoms with E-state index in [1.807, 2.05) is 41.1 Å². The first-order valence-electron chi connectivity index (χ1n) is 8.29. The van der Waals surface area contributed by atoms with Crippen LogP contribution in [0.2, 0.25) is 0 Å². The van der Waals surface area contributed by atoms with Gasteiger partial charge in [0.1, 0.15) is 5.01 Å². The Labute approximate surface area is 160 Å². The van der Waals surface area contributed by atoms with Crippen molar-refractivity contribution in [1.29, 1.82) is 0 Å². The molecule has 5 nitrogen and oxygen atoms in total. The lowest BCUT2D eigenvalue weighted by atomic mass is 10.2. The van der Waals surface area contributed by atoms with Crippen LogP contribution in [0.25, 0.3) is 11.3 Å². The van der Waals surface area contributed by atoms with E-state index in [4.69, 9.17) is 0 Å². The standard InChI is InChI=1S/C19H19N3O2S2/c23-17(7-4-9-20-19(24)15-8-10-25-12-15)21-11-18-22-16(13-26-18)14-5-2-1-3-6-14/h1-3,5-6,8,10,12-13H,4,7,9,11H2,(H,20,24)(H,21,23). The number of thiazole rings is 1. The lowest BCUT2D eigenvalue weighted by Crippen LogP contribution is -2.27. The number of amides is 2. The molecule has 0 saturated carbocycles. The van der Waals surface area contributed by atoms with Crippen LogP contribution in [0.5, 0.6) is 0 Å². The molecule has 134 valence electrons. The molecule has 1 aromatic carbocycles. The third kappa shape index (κ3) is 5.24. The van der Waals surface area contributed by atoms with Crippen LogP contribution >= 0.6 is 22.7 Å². The van der Waals surface area contributed by atoms with Crippen molar-refractivity contribution in [2.45, 2.75) is 19.4 Å². The van der Waals surface area contributed by atoms with Crippen molar-refractivity contribution in [2.75, 3.05) is 6.54 Å². The van der Waals surface area contributed by atoms with Gasteiger partial charge in [-0.1, -0.05) is 30.3 Å². The Hall–Kier alpha value is -2.51. The lowest BCUT2D eigenvalue weighted by Gasteiger charge is -2.05. The Balaban J connectivity index is 1.35. The molecule has 2 N–H and O–H groups in total. The molecular weight excluding hydrogens is 366 g/mol. The number of carbonyl (C=O) groups excluding carboxylic acids is 2. The van der Waals surface area contributed by atoms with Crippen molar-refractivity contribution in [1.82, 2.24) is 15.6 Å². The van der Waals surface area contributed by atoms with Crippen molar-refractivity contribution in [3.05, 3.63) is 63.1 Å². The second-order valence-electron chi connectivity index (χ2n) is 5.64. The van der Waals surface area contributed by atoms with Crippen molar-refractivity contribution in [2.24, 2.45) is 0 Å². The van der Waals surface area contributed by atoms with E-state index >= 15 is 0 Å². The van der Waals surface area contributed by atoms with Crippen molar-refractivity contribution >= 4 is 34.5 Å². The molecule has 2 heterocycles. The van der Waals surface area contributed by atoms with Gasteiger partial charge in [-0.05, 0) is 17.9 Å². The highest BCUT2D eigenvalue weighted by molar-refractivity contribution is 7.10. The summed E-state index contributed by atoms with van der Waals surface area (Å²) < 4.78 is 0. The van der Waals surface area contributed by atoms with E-state index in [-0.39, 0.29) is 11.8 Å². The first kappa shape index (κ1) is 18.3. The number of benzene rings is 1. The average Bonchev–Trinajstić information content (AvgIpc) is 3.36. The summed E-state index contributed by atoms with van der Waals surface area (Å²) in [7, 11) is 0. The maximum atomic E-state index is 11.9. The molecule has 2 aromatic heterocycles. The fourth-order valence-corrected chi connectivity index (χ4v) is 3.72. The Morgan fingerprint density at radius 1 is 1.04 bits per heavy atom. The van der Waals surface area contributed by atoms with Crippen LogP contribution in [0, 0.1) is 0 Å². The first-order chi connectivity index (χ1) is 12.7. The van der Waals surface area contributed by atoms with Gasteiger partial charge in [-0.3, -0.25) is 9.59 Å². The predicted octanol–water partition coefficient (Wildman–Crippen LogP) is 3.70. The van der Waals surface area contributed by atoms with Gasteiger partial charge in [-0.2, -0.15) is 11.3 Å². The number of hydrogen-bond donors (Lipinski definition) is 2. The van der Waals surface area contributed by atoms with Crippen molar-refractivity contribution < 1.29 is 9.59 Å². The average molecular weight is 386 g/mol. The Morgan fingerprint density at radius 3 is 2.65 bits per heavy atom. The number of nitrogens with one attached hydrogen (secondary N) is 2. The van der Waals surface area contributed by atoms with E-state index < -0.39 is 0 Å². The first-order valence-corrected chi connectivity index (χ1v) is 10.1. The smallest absolute Gasteiger partial charge is 0.252 e. The molecule has 2 amide bonds.